The van der Waals surface area contributed by atoms with Crippen molar-refractivity contribution in [2.24, 2.45) is 0 Å². The number of aromatic amines is 1. The third-order valence-electron chi connectivity index (χ3n) is 6.05. The summed E-state index contributed by atoms with van der Waals surface area (Å²) in [6.45, 7) is 4.24. The second kappa shape index (κ2) is 8.86. The molecule has 0 fully saturated rings. The van der Waals surface area contributed by atoms with Crippen LogP contribution >= 0.6 is 30.3 Å². The highest BCUT2D eigenvalue weighted by molar-refractivity contribution is 14.2. The van der Waals surface area contributed by atoms with Gasteiger partial charge in [-0.15, -0.1) is 0 Å². The Morgan fingerprint density at radius 3 is 2.70 bits per heavy atom. The van der Waals surface area contributed by atoms with Crippen molar-refractivity contribution in [2.45, 2.75) is 26.4 Å². The van der Waals surface area contributed by atoms with Gasteiger partial charge in [0.25, 0.3) is 0 Å². The number of hydrogen-bond acceptors (Lipinski definition) is 4. The zero-order valence-corrected chi connectivity index (χ0v) is 21.1. The Bertz CT molecular complexity index is 1530. The molecule has 0 amide bonds. The van der Waals surface area contributed by atoms with Gasteiger partial charge in [-0.3, -0.25) is 3.97 Å². The first-order valence-electron chi connectivity index (χ1n) is 10.7. The lowest BCUT2D eigenvalue weighted by molar-refractivity contribution is 0.212. The van der Waals surface area contributed by atoms with Crippen molar-refractivity contribution in [2.75, 3.05) is 0 Å². The number of rotatable bonds is 5. The van der Waals surface area contributed by atoms with Crippen LogP contribution in [0.3, 0.4) is 0 Å². The molecule has 0 bridgehead atoms. The molecule has 33 heavy (non-hydrogen) atoms. The maximum Gasteiger partial charge on any atom is 0.140 e. The zero-order valence-electron chi connectivity index (χ0n) is 18.1. The van der Waals surface area contributed by atoms with Crippen LogP contribution in [-0.4, -0.2) is 19.0 Å². The molecular formula is C26H21IN4OS. The minimum atomic E-state index is -0.932. The van der Waals surface area contributed by atoms with Gasteiger partial charge in [-0.2, -0.15) is 5.26 Å². The Kier molecular flexibility index (Phi) is 5.91. The maximum absolute atomic E-state index is 11.7. The Morgan fingerprint density at radius 1 is 1.21 bits per heavy atom. The minimum Gasteiger partial charge on any atom is -0.380 e. The summed E-state index contributed by atoms with van der Waals surface area (Å²) in [6.07, 6.45) is 2.01. The van der Waals surface area contributed by atoms with E-state index in [1.54, 1.807) is 21.3 Å². The minimum absolute atomic E-state index is 0.480. The number of aryl methyl sites for hydroxylation is 2. The van der Waals surface area contributed by atoms with Gasteiger partial charge in [-0.05, 0) is 48.2 Å². The smallest absolute Gasteiger partial charge is 0.140 e. The Labute approximate surface area is 208 Å². The molecule has 2 aromatic heterocycles. The van der Waals surface area contributed by atoms with E-state index in [0.717, 1.165) is 50.6 Å². The van der Waals surface area contributed by atoms with E-state index in [2.05, 4.69) is 79.5 Å². The molecule has 7 heteroatoms. The zero-order chi connectivity index (χ0) is 23.1. The summed E-state index contributed by atoms with van der Waals surface area (Å²) < 4.78 is 2.17. The highest BCUT2D eigenvalue weighted by Gasteiger charge is 2.26. The number of nitrogens with one attached hydrogen (secondary N) is 1. The lowest BCUT2D eigenvalue weighted by Gasteiger charge is -2.18. The van der Waals surface area contributed by atoms with Gasteiger partial charge < -0.3 is 10.1 Å². The van der Waals surface area contributed by atoms with Crippen molar-refractivity contribution in [3.63, 3.8) is 0 Å². The van der Waals surface area contributed by atoms with E-state index in [-0.39, 0.29) is 0 Å². The summed E-state index contributed by atoms with van der Waals surface area (Å²) in [7, 11) is 1.62. The fourth-order valence-corrected chi connectivity index (χ4v) is 5.94. The van der Waals surface area contributed by atoms with Crippen molar-refractivity contribution in [3.8, 4) is 17.2 Å². The Balaban J connectivity index is 1.81. The molecule has 0 aliphatic heterocycles. The third kappa shape index (κ3) is 3.72. The van der Waals surface area contributed by atoms with Crippen molar-refractivity contribution in [1.82, 2.24) is 13.9 Å². The van der Waals surface area contributed by atoms with Crippen LogP contribution in [0.25, 0.3) is 33.1 Å². The molecule has 2 N–H and O–H groups in total. The molecular weight excluding hydrogens is 543 g/mol. The number of imidazole rings is 1. The van der Waals surface area contributed by atoms with E-state index < -0.39 is 6.10 Å². The van der Waals surface area contributed by atoms with Crippen LogP contribution in [-0.2, 0) is 6.42 Å². The molecule has 1 unspecified atom stereocenters. The number of nitriles is 1. The summed E-state index contributed by atoms with van der Waals surface area (Å²) in [6, 6.07) is 19.9. The Hall–Kier alpha value is -2.80. The van der Waals surface area contributed by atoms with Crippen LogP contribution in [0.4, 0.5) is 0 Å². The molecule has 1 atom stereocenters. The molecule has 0 aliphatic rings. The SMILES string of the molecule is CCc1cc(C)c2c(c(-c3ccccc3)cn2SI)c1C(O)c1nc2ccc(C#N)cc2[nH]1. The van der Waals surface area contributed by atoms with Gasteiger partial charge in [0.15, 0.2) is 0 Å². The summed E-state index contributed by atoms with van der Waals surface area (Å²) in [5.74, 6) is 0.480. The number of hydrogen-bond donors (Lipinski definition) is 2. The van der Waals surface area contributed by atoms with Crippen LogP contribution in [0.2, 0.25) is 0 Å². The van der Waals surface area contributed by atoms with Crippen LogP contribution in [0, 0.1) is 18.3 Å². The summed E-state index contributed by atoms with van der Waals surface area (Å²) >= 11 is 2.30. The van der Waals surface area contributed by atoms with Gasteiger partial charge >= 0.3 is 0 Å². The van der Waals surface area contributed by atoms with Crippen LogP contribution < -0.4 is 0 Å². The van der Waals surface area contributed by atoms with Crippen molar-refractivity contribution < 1.29 is 5.11 Å². The monoisotopic (exact) mass is 564 g/mol. The maximum atomic E-state index is 11.7. The van der Waals surface area contributed by atoms with Crippen molar-refractivity contribution >= 4 is 52.3 Å². The number of aliphatic hydroxyl groups is 1. The normalized spacial score (nSPS) is 12.3. The predicted octanol–water partition coefficient (Wildman–Crippen LogP) is 6.86. The topological polar surface area (TPSA) is 77.6 Å². The molecule has 5 aromatic rings. The molecule has 0 saturated heterocycles. The quantitative estimate of drug-likeness (QED) is 0.229. The van der Waals surface area contributed by atoms with Gasteiger partial charge in [0.1, 0.15) is 11.9 Å². The first-order chi connectivity index (χ1) is 16.0. The fourth-order valence-electron chi connectivity index (χ4n) is 4.56. The molecule has 5 rings (SSSR count). The van der Waals surface area contributed by atoms with E-state index in [0.29, 0.717) is 11.4 Å². The highest BCUT2D eigenvalue weighted by Crippen LogP contribution is 2.43. The van der Waals surface area contributed by atoms with E-state index in [1.807, 2.05) is 24.3 Å². The lowest BCUT2D eigenvalue weighted by Crippen LogP contribution is -2.07. The fraction of sp³-hybridized carbons (Fsp3) is 0.154. The van der Waals surface area contributed by atoms with Gasteiger partial charge in [0.05, 0.1) is 28.2 Å². The van der Waals surface area contributed by atoms with Gasteiger partial charge in [0, 0.05) is 53.0 Å². The number of aromatic nitrogens is 3. The van der Waals surface area contributed by atoms with Crippen LogP contribution in [0.1, 0.15) is 41.1 Å². The van der Waals surface area contributed by atoms with Gasteiger partial charge in [0.2, 0.25) is 0 Å². The second-order valence-corrected chi connectivity index (χ2v) is 9.73. The first kappa shape index (κ1) is 22.0. The third-order valence-corrected chi connectivity index (χ3v) is 7.76. The summed E-state index contributed by atoms with van der Waals surface area (Å²) in [5.41, 5.74) is 8.47. The Morgan fingerprint density at radius 2 is 2.00 bits per heavy atom. The van der Waals surface area contributed by atoms with E-state index in [4.69, 9.17) is 0 Å². The number of aliphatic hydroxyl groups excluding tert-OH is 1. The van der Waals surface area contributed by atoms with Crippen molar-refractivity contribution in [1.29, 1.82) is 5.26 Å². The van der Waals surface area contributed by atoms with Gasteiger partial charge in [-0.25, -0.2) is 4.98 Å². The van der Waals surface area contributed by atoms with E-state index >= 15 is 0 Å². The summed E-state index contributed by atoms with van der Waals surface area (Å²) in [5, 5.41) is 22.0. The van der Waals surface area contributed by atoms with Crippen LogP contribution in [0.5, 0.6) is 0 Å². The number of halogens is 1. The molecule has 3 aromatic carbocycles. The first-order valence-corrected chi connectivity index (χ1v) is 14.0. The lowest BCUT2D eigenvalue weighted by atomic mass is 9.90. The van der Waals surface area contributed by atoms with E-state index in [1.165, 1.54) is 5.56 Å². The molecule has 0 spiro atoms. The number of H-pyrrole nitrogens is 1. The molecule has 0 aliphatic carbocycles. The largest absolute Gasteiger partial charge is 0.380 e. The highest BCUT2D eigenvalue weighted by atomic mass is 127. The molecule has 2 heterocycles. The van der Waals surface area contributed by atoms with Gasteiger partial charge in [-0.1, -0.05) is 43.3 Å². The number of fused-ring (bicyclic) bond motifs is 2. The summed E-state index contributed by atoms with van der Waals surface area (Å²) in [4.78, 5) is 7.92. The average molecular weight is 564 g/mol. The predicted molar refractivity (Wildman–Crippen MR) is 143 cm³/mol. The van der Waals surface area contributed by atoms with Crippen LogP contribution in [0.15, 0.2) is 60.8 Å². The number of nitrogens with zero attached hydrogens (tertiary/aromatic N) is 3. The molecule has 5 nitrogen and oxygen atoms in total. The second-order valence-electron chi connectivity index (χ2n) is 8.02. The van der Waals surface area contributed by atoms with Crippen molar-refractivity contribution in [3.05, 3.63) is 88.9 Å². The molecule has 164 valence electrons. The molecule has 0 saturated carbocycles. The standard InChI is InChI=1S/C26H21IN4OS/c1-3-17-11-15(2)24-23(19(14-31(24)33-27)18-7-5-4-6-8-18)22(17)25(32)26-29-20-10-9-16(13-28)12-21(20)30-26/h4-12,14,25,32H,3H2,1-2H3,(H,29,30). The van der Waals surface area contributed by atoms with E-state index in [9.17, 15) is 10.4 Å². The number of benzene rings is 3. The average Bonchev–Trinajstić information content (AvgIpc) is 3.45. The molecule has 0 radical (unpaired) electrons.